The molecule has 6 nitrogen and oxygen atoms in total. The van der Waals surface area contributed by atoms with Crippen LogP contribution in [-0.4, -0.2) is 34.0 Å². The number of urea groups is 1. The standard InChI is InChI=1S/C31H29FN4O2/c1-20-9-14-24(18-21(20)2)33-31(38)35(25-15-16-25)19-29(37)36-27-7-4-3-6-26(27)34-17-5-8-28(34)30(36)22-10-12-23(32)13-11-22/h3-14,17-18,25,30H,15-16,19H2,1-2H3,(H,33,38). The van der Waals surface area contributed by atoms with Crippen molar-refractivity contribution in [3.63, 3.8) is 0 Å². The Morgan fingerprint density at radius 1 is 0.921 bits per heavy atom. The Bertz CT molecular complexity index is 1520. The van der Waals surface area contributed by atoms with E-state index in [1.165, 1.54) is 12.1 Å². The first kappa shape index (κ1) is 24.0. The molecule has 0 bridgehead atoms. The summed E-state index contributed by atoms with van der Waals surface area (Å²) < 4.78 is 15.9. The van der Waals surface area contributed by atoms with Gasteiger partial charge in [0.05, 0.1) is 17.1 Å². The number of aryl methyl sites for hydroxylation is 2. The number of carbonyl (C=O) groups excluding carboxylic acids is 2. The number of benzene rings is 3. The van der Waals surface area contributed by atoms with Gasteiger partial charge in [0.2, 0.25) is 5.91 Å². The monoisotopic (exact) mass is 508 g/mol. The van der Waals surface area contributed by atoms with Gasteiger partial charge in [-0.3, -0.25) is 9.69 Å². The van der Waals surface area contributed by atoms with E-state index in [4.69, 9.17) is 0 Å². The molecule has 2 heterocycles. The number of aromatic nitrogens is 1. The Balaban J connectivity index is 1.35. The molecule has 192 valence electrons. The molecule has 1 unspecified atom stereocenters. The predicted octanol–water partition coefficient (Wildman–Crippen LogP) is 6.37. The average molecular weight is 509 g/mol. The molecule has 2 aliphatic rings. The Hall–Kier alpha value is -4.39. The number of nitrogens with one attached hydrogen (secondary N) is 1. The molecule has 3 amide bonds. The highest BCUT2D eigenvalue weighted by molar-refractivity contribution is 6.01. The molecule has 1 N–H and O–H groups in total. The zero-order chi connectivity index (χ0) is 26.4. The van der Waals surface area contributed by atoms with Gasteiger partial charge in [-0.25, -0.2) is 9.18 Å². The summed E-state index contributed by atoms with van der Waals surface area (Å²) in [6.07, 6.45) is 3.71. The minimum atomic E-state index is -0.461. The smallest absolute Gasteiger partial charge is 0.316 e. The summed E-state index contributed by atoms with van der Waals surface area (Å²) in [5.74, 6) is -0.525. The van der Waals surface area contributed by atoms with E-state index in [9.17, 15) is 14.0 Å². The number of halogens is 1. The lowest BCUT2D eigenvalue weighted by molar-refractivity contribution is -0.119. The van der Waals surface area contributed by atoms with E-state index in [0.717, 1.165) is 46.6 Å². The van der Waals surface area contributed by atoms with Crippen molar-refractivity contribution in [2.24, 2.45) is 0 Å². The van der Waals surface area contributed by atoms with Crippen molar-refractivity contribution in [2.45, 2.75) is 38.8 Å². The molecule has 38 heavy (non-hydrogen) atoms. The highest BCUT2D eigenvalue weighted by Crippen LogP contribution is 2.42. The van der Waals surface area contributed by atoms with Gasteiger partial charge in [-0.15, -0.1) is 0 Å². The van der Waals surface area contributed by atoms with Crippen molar-refractivity contribution in [3.8, 4) is 5.69 Å². The largest absolute Gasteiger partial charge is 0.322 e. The van der Waals surface area contributed by atoms with Crippen LogP contribution >= 0.6 is 0 Å². The lowest BCUT2D eigenvalue weighted by atomic mass is 9.97. The van der Waals surface area contributed by atoms with E-state index in [1.54, 1.807) is 21.9 Å². The number of carbonyl (C=O) groups is 2. The fraction of sp³-hybridized carbons (Fsp3) is 0.226. The molecule has 1 aromatic heterocycles. The van der Waals surface area contributed by atoms with Gasteiger partial charge in [0.1, 0.15) is 18.4 Å². The molecule has 1 saturated carbocycles. The zero-order valence-electron chi connectivity index (χ0n) is 21.4. The minimum Gasteiger partial charge on any atom is -0.316 e. The summed E-state index contributed by atoms with van der Waals surface area (Å²) in [7, 11) is 0. The topological polar surface area (TPSA) is 57.6 Å². The van der Waals surface area contributed by atoms with Crippen LogP contribution in [0.15, 0.2) is 85.1 Å². The van der Waals surface area contributed by atoms with Crippen molar-refractivity contribution < 1.29 is 14.0 Å². The molecule has 0 radical (unpaired) electrons. The van der Waals surface area contributed by atoms with Crippen LogP contribution in [0.25, 0.3) is 5.69 Å². The predicted molar refractivity (Wildman–Crippen MR) is 146 cm³/mol. The second-order valence-electron chi connectivity index (χ2n) is 10.1. The van der Waals surface area contributed by atoms with E-state index in [1.807, 2.05) is 74.6 Å². The second-order valence-corrected chi connectivity index (χ2v) is 10.1. The number of anilines is 2. The van der Waals surface area contributed by atoms with Gasteiger partial charge < -0.3 is 14.8 Å². The third kappa shape index (κ3) is 4.34. The first-order valence-electron chi connectivity index (χ1n) is 12.9. The van der Waals surface area contributed by atoms with Gasteiger partial charge in [-0.05, 0) is 91.9 Å². The number of amides is 3. The Labute approximate surface area is 221 Å². The van der Waals surface area contributed by atoms with Gasteiger partial charge in [-0.1, -0.05) is 30.3 Å². The van der Waals surface area contributed by atoms with Crippen molar-refractivity contribution in [3.05, 3.63) is 113 Å². The van der Waals surface area contributed by atoms with E-state index >= 15 is 0 Å². The van der Waals surface area contributed by atoms with Crippen LogP contribution < -0.4 is 10.2 Å². The minimum absolute atomic E-state index is 0.0265. The van der Waals surface area contributed by atoms with Crippen molar-refractivity contribution in [2.75, 3.05) is 16.8 Å². The molecule has 0 saturated heterocycles. The van der Waals surface area contributed by atoms with Crippen LogP contribution in [0.1, 0.15) is 41.3 Å². The van der Waals surface area contributed by atoms with Gasteiger partial charge in [0, 0.05) is 17.9 Å². The molecule has 1 aliphatic carbocycles. The molecule has 1 fully saturated rings. The molecule has 1 atom stereocenters. The summed E-state index contributed by atoms with van der Waals surface area (Å²) >= 11 is 0. The van der Waals surface area contributed by atoms with Crippen molar-refractivity contribution in [1.29, 1.82) is 0 Å². The highest BCUT2D eigenvalue weighted by atomic mass is 19.1. The highest BCUT2D eigenvalue weighted by Gasteiger charge is 2.40. The van der Waals surface area contributed by atoms with E-state index in [-0.39, 0.29) is 30.3 Å². The molecule has 0 spiro atoms. The number of hydrogen-bond acceptors (Lipinski definition) is 2. The Morgan fingerprint density at radius 2 is 1.66 bits per heavy atom. The van der Waals surface area contributed by atoms with Crippen molar-refractivity contribution in [1.82, 2.24) is 9.47 Å². The third-order valence-electron chi connectivity index (χ3n) is 7.49. The fourth-order valence-corrected chi connectivity index (χ4v) is 5.21. The number of nitrogens with zero attached hydrogens (tertiary/aromatic N) is 3. The van der Waals surface area contributed by atoms with E-state index in [0.29, 0.717) is 5.69 Å². The van der Waals surface area contributed by atoms with Crippen LogP contribution in [0.3, 0.4) is 0 Å². The number of rotatable bonds is 5. The second kappa shape index (κ2) is 9.49. The molecule has 4 aromatic rings. The third-order valence-corrected chi connectivity index (χ3v) is 7.49. The molecular weight excluding hydrogens is 479 g/mol. The maximum absolute atomic E-state index is 14.2. The Kier molecular flexibility index (Phi) is 5.98. The first-order valence-corrected chi connectivity index (χ1v) is 12.9. The molecule has 3 aromatic carbocycles. The Morgan fingerprint density at radius 3 is 2.37 bits per heavy atom. The summed E-state index contributed by atoms with van der Waals surface area (Å²) in [6, 6.07) is 23.0. The maximum Gasteiger partial charge on any atom is 0.322 e. The molecule has 6 rings (SSSR count). The summed E-state index contributed by atoms with van der Waals surface area (Å²) in [5.41, 5.74) is 6.29. The van der Waals surface area contributed by atoms with Crippen LogP contribution in [0.4, 0.5) is 20.6 Å². The lowest BCUT2D eigenvalue weighted by Gasteiger charge is -2.39. The van der Waals surface area contributed by atoms with Crippen LogP contribution in [0, 0.1) is 19.7 Å². The average Bonchev–Trinajstić information content (AvgIpc) is 3.64. The zero-order valence-corrected chi connectivity index (χ0v) is 21.4. The quantitative estimate of drug-likeness (QED) is 0.341. The SMILES string of the molecule is Cc1ccc(NC(=O)N(CC(=O)N2c3ccccc3-n3cccc3C2c2ccc(F)cc2)C2CC2)cc1C. The summed E-state index contributed by atoms with van der Waals surface area (Å²) in [4.78, 5) is 31.0. The van der Waals surface area contributed by atoms with E-state index < -0.39 is 6.04 Å². The number of hydrogen-bond donors (Lipinski definition) is 1. The summed E-state index contributed by atoms with van der Waals surface area (Å²) in [5, 5.41) is 2.99. The van der Waals surface area contributed by atoms with Gasteiger partial charge in [-0.2, -0.15) is 0 Å². The molecule has 7 heteroatoms. The molecular formula is C31H29FN4O2. The maximum atomic E-state index is 14.2. The van der Waals surface area contributed by atoms with Gasteiger partial charge >= 0.3 is 6.03 Å². The van der Waals surface area contributed by atoms with Crippen LogP contribution in [0.2, 0.25) is 0 Å². The van der Waals surface area contributed by atoms with Gasteiger partial charge in [0.25, 0.3) is 0 Å². The number of fused-ring (bicyclic) bond motifs is 3. The normalized spacial score (nSPS) is 16.0. The molecule has 1 aliphatic heterocycles. The first-order chi connectivity index (χ1) is 18.4. The van der Waals surface area contributed by atoms with Crippen molar-refractivity contribution >= 4 is 23.3 Å². The van der Waals surface area contributed by atoms with Crippen LogP contribution in [-0.2, 0) is 4.79 Å². The summed E-state index contributed by atoms with van der Waals surface area (Å²) in [6.45, 7) is 3.97. The lowest BCUT2D eigenvalue weighted by Crippen LogP contribution is -2.48. The van der Waals surface area contributed by atoms with Gasteiger partial charge in [0.15, 0.2) is 0 Å². The number of para-hydroxylation sites is 2. The van der Waals surface area contributed by atoms with Crippen LogP contribution in [0.5, 0.6) is 0 Å². The fourth-order valence-electron chi connectivity index (χ4n) is 5.21. The van der Waals surface area contributed by atoms with E-state index in [2.05, 4.69) is 9.88 Å².